The lowest BCUT2D eigenvalue weighted by atomic mass is 9.95. The van der Waals surface area contributed by atoms with Gasteiger partial charge in [0.1, 0.15) is 16.6 Å². The van der Waals surface area contributed by atoms with Crippen LogP contribution in [0.1, 0.15) is 40.6 Å². The van der Waals surface area contributed by atoms with Crippen LogP contribution in [-0.2, 0) is 17.6 Å². The third kappa shape index (κ3) is 4.03. The minimum Gasteiger partial charge on any atom is -0.484 e. The fourth-order valence-corrected chi connectivity index (χ4v) is 5.40. The topological polar surface area (TPSA) is 84.1 Å². The third-order valence-corrected chi connectivity index (χ3v) is 6.87. The summed E-state index contributed by atoms with van der Waals surface area (Å²) >= 11 is 1.63. The molecule has 4 aromatic rings. The fourth-order valence-electron chi connectivity index (χ4n) is 4.09. The molecule has 2 heterocycles. The number of thiophene rings is 1. The van der Waals surface area contributed by atoms with E-state index in [0.717, 1.165) is 53.1 Å². The number of rotatable bonds is 6. The number of para-hydroxylation sites is 2. The van der Waals surface area contributed by atoms with Crippen LogP contribution in [0.2, 0.25) is 0 Å². The number of nitrogens with one attached hydrogen (secondary N) is 2. The van der Waals surface area contributed by atoms with Crippen LogP contribution in [0.5, 0.6) is 5.75 Å². The molecule has 1 aliphatic rings. The number of hydrogen-bond donors (Lipinski definition) is 2. The second-order valence-corrected chi connectivity index (χ2v) is 9.04. The Hall–Kier alpha value is -3.45. The van der Waals surface area contributed by atoms with Crippen molar-refractivity contribution >= 4 is 39.1 Å². The van der Waals surface area contributed by atoms with Gasteiger partial charge in [-0.15, -0.1) is 11.3 Å². The number of ether oxygens (including phenoxy) is 1. The molecule has 0 radical (unpaired) electrons. The molecule has 0 saturated heterocycles. The smallest absolute Gasteiger partial charge is 0.262 e. The number of nitrogens with zero attached hydrogens (tertiary/aromatic N) is 1. The van der Waals surface area contributed by atoms with Crippen molar-refractivity contribution in [2.45, 2.75) is 32.6 Å². The molecule has 2 aromatic heterocycles. The normalized spacial score (nSPS) is 13.0. The zero-order valence-corrected chi connectivity index (χ0v) is 18.6. The lowest BCUT2D eigenvalue weighted by Crippen LogP contribution is -2.20. The van der Waals surface area contributed by atoms with Gasteiger partial charge in [0, 0.05) is 10.4 Å². The predicted octanol–water partition coefficient (Wildman–Crippen LogP) is 5.39. The maximum Gasteiger partial charge on any atom is 0.262 e. The van der Waals surface area contributed by atoms with Gasteiger partial charge in [0.05, 0.1) is 16.6 Å². The number of benzene rings is 2. The number of aryl methyl sites for hydroxylation is 1. The second-order valence-electron chi connectivity index (χ2n) is 7.94. The van der Waals surface area contributed by atoms with E-state index >= 15 is 0 Å². The van der Waals surface area contributed by atoms with E-state index in [9.17, 15) is 9.59 Å². The molecule has 0 aliphatic heterocycles. The monoisotopic (exact) mass is 445 g/mol. The molecule has 32 heavy (non-hydrogen) atoms. The first-order valence-corrected chi connectivity index (χ1v) is 11.5. The lowest BCUT2D eigenvalue weighted by Gasteiger charge is -2.12. The fraction of sp³-hybridized carbons (Fsp3) is 0.240. The Balaban J connectivity index is 1.40. The van der Waals surface area contributed by atoms with Crippen LogP contribution in [0.4, 0.5) is 5.00 Å². The van der Waals surface area contributed by atoms with Crippen LogP contribution in [-0.4, -0.2) is 28.3 Å². The Labute approximate surface area is 189 Å². The van der Waals surface area contributed by atoms with E-state index in [1.54, 1.807) is 35.6 Å². The van der Waals surface area contributed by atoms with Gasteiger partial charge in [-0.1, -0.05) is 24.3 Å². The number of Topliss-reactive ketones (excluding diaryl/α,β-unsaturated/α-hetero) is 1. The molecule has 7 heteroatoms. The molecule has 6 nitrogen and oxygen atoms in total. The van der Waals surface area contributed by atoms with Crippen molar-refractivity contribution in [2.75, 3.05) is 11.9 Å². The number of hydrogen-bond acceptors (Lipinski definition) is 5. The molecule has 0 unspecified atom stereocenters. The molecule has 0 fully saturated rings. The van der Waals surface area contributed by atoms with Crippen molar-refractivity contribution in [3.63, 3.8) is 0 Å². The van der Waals surface area contributed by atoms with Gasteiger partial charge in [-0.05, 0) is 62.4 Å². The molecule has 162 valence electrons. The minimum atomic E-state index is -0.241. The van der Waals surface area contributed by atoms with E-state index in [1.807, 2.05) is 24.3 Å². The quantitative estimate of drug-likeness (QED) is 0.390. The van der Waals surface area contributed by atoms with Gasteiger partial charge in [-0.3, -0.25) is 9.59 Å². The van der Waals surface area contributed by atoms with Crippen molar-refractivity contribution < 1.29 is 14.3 Å². The number of aromatic nitrogens is 2. The Morgan fingerprint density at radius 3 is 2.81 bits per heavy atom. The van der Waals surface area contributed by atoms with Gasteiger partial charge >= 0.3 is 0 Å². The Morgan fingerprint density at radius 2 is 1.97 bits per heavy atom. The summed E-state index contributed by atoms with van der Waals surface area (Å²) in [5.41, 5.74) is 4.72. The van der Waals surface area contributed by atoms with Crippen LogP contribution in [0, 0.1) is 0 Å². The molecule has 2 aromatic carbocycles. The van der Waals surface area contributed by atoms with Crippen molar-refractivity contribution in [3.8, 4) is 17.1 Å². The molecule has 0 spiro atoms. The van der Waals surface area contributed by atoms with Crippen LogP contribution in [0.15, 0.2) is 48.5 Å². The number of H-pyrrole nitrogens is 1. The highest BCUT2D eigenvalue weighted by molar-refractivity contribution is 7.17. The van der Waals surface area contributed by atoms with E-state index in [4.69, 9.17) is 9.72 Å². The highest BCUT2D eigenvalue weighted by Crippen LogP contribution is 2.43. The first kappa shape index (κ1) is 20.5. The van der Waals surface area contributed by atoms with E-state index in [2.05, 4.69) is 10.3 Å². The van der Waals surface area contributed by atoms with E-state index < -0.39 is 0 Å². The largest absolute Gasteiger partial charge is 0.484 e. The highest BCUT2D eigenvalue weighted by atomic mass is 32.1. The number of amides is 1. The van der Waals surface area contributed by atoms with Crippen molar-refractivity contribution in [1.82, 2.24) is 9.97 Å². The third-order valence-electron chi connectivity index (χ3n) is 5.66. The zero-order valence-electron chi connectivity index (χ0n) is 17.7. The maximum atomic E-state index is 12.7. The molecular weight excluding hydrogens is 422 g/mol. The standard InChI is InChI=1S/C25H23N3O3S/c1-15(29)16-7-6-8-17(13-16)31-14-22(30)28-25-23(18-9-2-5-12-21(18)32-25)24-26-19-10-3-4-11-20(19)27-24/h3-4,6-8,10-11,13H,2,5,9,12,14H2,1H3,(H,26,27)(H,28,30). The first-order chi connectivity index (χ1) is 15.6. The summed E-state index contributed by atoms with van der Waals surface area (Å²) in [6, 6.07) is 14.8. The molecule has 0 atom stereocenters. The van der Waals surface area contributed by atoms with Crippen LogP contribution in [0.25, 0.3) is 22.4 Å². The number of fused-ring (bicyclic) bond motifs is 2. The van der Waals surface area contributed by atoms with Crippen molar-refractivity contribution in [1.29, 1.82) is 0 Å². The first-order valence-electron chi connectivity index (χ1n) is 10.7. The van der Waals surface area contributed by atoms with Gasteiger partial charge in [-0.25, -0.2) is 4.98 Å². The summed E-state index contributed by atoms with van der Waals surface area (Å²) in [7, 11) is 0. The predicted molar refractivity (Wildman–Crippen MR) is 127 cm³/mol. The van der Waals surface area contributed by atoms with Crippen LogP contribution >= 0.6 is 11.3 Å². The summed E-state index contributed by atoms with van der Waals surface area (Å²) in [6.07, 6.45) is 4.32. The van der Waals surface area contributed by atoms with Gasteiger partial charge in [0.25, 0.3) is 5.91 Å². The molecule has 1 amide bonds. The van der Waals surface area contributed by atoms with Crippen molar-refractivity contribution in [2.24, 2.45) is 0 Å². The van der Waals surface area contributed by atoms with Gasteiger partial charge < -0.3 is 15.0 Å². The summed E-state index contributed by atoms with van der Waals surface area (Å²) in [4.78, 5) is 33.8. The van der Waals surface area contributed by atoms with E-state index in [0.29, 0.717) is 11.3 Å². The molecule has 5 rings (SSSR count). The lowest BCUT2D eigenvalue weighted by molar-refractivity contribution is -0.118. The van der Waals surface area contributed by atoms with E-state index in [-0.39, 0.29) is 18.3 Å². The van der Waals surface area contributed by atoms with Gasteiger partial charge in [0.2, 0.25) is 0 Å². The molecule has 2 N–H and O–H groups in total. The van der Waals surface area contributed by atoms with Gasteiger partial charge in [-0.2, -0.15) is 0 Å². The number of aromatic amines is 1. The average Bonchev–Trinajstić information content (AvgIpc) is 3.38. The molecule has 1 aliphatic carbocycles. The minimum absolute atomic E-state index is 0.0421. The van der Waals surface area contributed by atoms with Gasteiger partial charge in [0.15, 0.2) is 12.4 Å². The summed E-state index contributed by atoms with van der Waals surface area (Å²) in [5.74, 6) is 1.00. The second kappa shape index (κ2) is 8.59. The number of ketones is 1. The molecular formula is C25H23N3O3S. The molecule has 0 bridgehead atoms. The number of carbonyl (C=O) groups is 2. The number of carbonyl (C=O) groups excluding carboxylic acids is 2. The summed E-state index contributed by atoms with van der Waals surface area (Å²) in [5, 5.41) is 3.85. The van der Waals surface area contributed by atoms with E-state index in [1.165, 1.54) is 17.4 Å². The van der Waals surface area contributed by atoms with Crippen molar-refractivity contribution in [3.05, 3.63) is 64.5 Å². The summed E-state index contributed by atoms with van der Waals surface area (Å²) < 4.78 is 5.64. The number of imidazole rings is 1. The Kier molecular flexibility index (Phi) is 5.49. The number of anilines is 1. The van der Waals surface area contributed by atoms with Crippen LogP contribution in [0.3, 0.4) is 0 Å². The maximum absolute atomic E-state index is 12.7. The van der Waals surface area contributed by atoms with Crippen LogP contribution < -0.4 is 10.1 Å². The average molecular weight is 446 g/mol. The Bertz CT molecular complexity index is 1290. The SMILES string of the molecule is CC(=O)c1cccc(OCC(=O)Nc2sc3c(c2-c2nc4ccccc4[nH]2)CCCC3)c1. The summed E-state index contributed by atoms with van der Waals surface area (Å²) in [6.45, 7) is 1.37. The highest BCUT2D eigenvalue weighted by Gasteiger charge is 2.25. The molecule has 0 saturated carbocycles. The zero-order chi connectivity index (χ0) is 22.1. The Morgan fingerprint density at radius 1 is 1.12 bits per heavy atom.